The van der Waals surface area contributed by atoms with Crippen LogP contribution in [-0.2, 0) is 19.1 Å². The summed E-state index contributed by atoms with van der Waals surface area (Å²) < 4.78 is 37.2. The van der Waals surface area contributed by atoms with E-state index < -0.39 is 71.8 Å². The van der Waals surface area contributed by atoms with Crippen LogP contribution in [0.15, 0.2) is 0 Å². The molecule has 2 rings (SSSR count). The molecule has 0 aromatic rings. The zero-order chi connectivity index (χ0) is 26.8. The third-order valence-electron chi connectivity index (χ3n) is 5.31. The van der Waals surface area contributed by atoms with Crippen LogP contribution >= 0.6 is 0 Å². The fraction of sp³-hybridized carbons (Fsp3) is 0.818. The summed E-state index contributed by atoms with van der Waals surface area (Å²) in [5.74, 6) is -1.91. The van der Waals surface area contributed by atoms with E-state index >= 15 is 0 Å². The van der Waals surface area contributed by atoms with E-state index in [9.17, 15) is 28.0 Å². The van der Waals surface area contributed by atoms with Crippen LogP contribution in [0.3, 0.4) is 0 Å². The van der Waals surface area contributed by atoms with E-state index in [1.807, 2.05) is 0 Å². The standard InChI is InChI=1S/C11H19FN2O3.C11H18FNO4/c1-6-7(12)5-8(9(13)15)14(6)10(16)17-11(2,3)4;1-6-7(12)5-8(9(14)15)13(6)10(16)17-11(2,3)4/h6-8H,5H2,1-4H3,(H2,13,15);6-8H,5H2,1-4H3,(H,14,15)/t2*6-,7+,8-/m00/s1. The molecule has 2 aliphatic rings. The van der Waals surface area contributed by atoms with Gasteiger partial charge in [-0.05, 0) is 55.4 Å². The third-order valence-corrected chi connectivity index (χ3v) is 5.31. The first kappa shape index (κ1) is 29.4. The molecule has 12 heteroatoms. The smallest absolute Gasteiger partial charge is 0.411 e. The Balaban J connectivity index is 0.000000340. The summed E-state index contributed by atoms with van der Waals surface area (Å²) in [6.07, 6.45) is -4.30. The first-order valence-corrected chi connectivity index (χ1v) is 11.1. The van der Waals surface area contributed by atoms with Crippen molar-refractivity contribution >= 4 is 24.1 Å². The van der Waals surface area contributed by atoms with Gasteiger partial charge in [0, 0.05) is 12.8 Å². The highest BCUT2D eigenvalue weighted by molar-refractivity contribution is 5.85. The highest BCUT2D eigenvalue weighted by atomic mass is 19.1. The van der Waals surface area contributed by atoms with Crippen LogP contribution < -0.4 is 5.73 Å². The lowest BCUT2D eigenvalue weighted by molar-refractivity contribution is -0.142. The number of amides is 3. The number of hydrogen-bond acceptors (Lipinski definition) is 6. The van der Waals surface area contributed by atoms with Gasteiger partial charge < -0.3 is 20.3 Å². The van der Waals surface area contributed by atoms with Gasteiger partial charge in [0.15, 0.2) is 0 Å². The molecule has 2 saturated heterocycles. The Morgan fingerprint density at radius 2 is 1.12 bits per heavy atom. The van der Waals surface area contributed by atoms with Crippen LogP contribution in [0.1, 0.15) is 68.2 Å². The third kappa shape index (κ3) is 7.69. The van der Waals surface area contributed by atoms with Gasteiger partial charge in [0.2, 0.25) is 5.91 Å². The molecule has 2 aliphatic heterocycles. The van der Waals surface area contributed by atoms with Gasteiger partial charge in [-0.3, -0.25) is 14.6 Å². The van der Waals surface area contributed by atoms with Crippen LogP contribution in [0.5, 0.6) is 0 Å². The van der Waals surface area contributed by atoms with Crippen molar-refractivity contribution in [2.24, 2.45) is 5.73 Å². The molecule has 196 valence electrons. The predicted octanol–water partition coefficient (Wildman–Crippen LogP) is 3.01. The maximum Gasteiger partial charge on any atom is 0.411 e. The fourth-order valence-electron chi connectivity index (χ4n) is 3.65. The van der Waals surface area contributed by atoms with Crippen molar-refractivity contribution in [2.75, 3.05) is 0 Å². The molecular weight excluding hydrogens is 456 g/mol. The fourth-order valence-corrected chi connectivity index (χ4v) is 3.65. The zero-order valence-electron chi connectivity index (χ0n) is 21.0. The van der Waals surface area contributed by atoms with Crippen molar-refractivity contribution in [3.05, 3.63) is 0 Å². The second kappa shape index (κ2) is 10.7. The lowest BCUT2D eigenvalue weighted by Crippen LogP contribution is -2.48. The van der Waals surface area contributed by atoms with Gasteiger partial charge in [-0.25, -0.2) is 23.2 Å². The minimum atomic E-state index is -1.33. The van der Waals surface area contributed by atoms with Crippen molar-refractivity contribution in [3.63, 3.8) is 0 Å². The maximum atomic E-state index is 13.5. The SMILES string of the molecule is C[C@H]1[C@H](F)C[C@@H](C(=O)O)N1C(=O)OC(C)(C)C.C[C@H]1[C@H](F)C[C@@H](C(N)=O)N1C(=O)OC(C)(C)C. The van der Waals surface area contributed by atoms with Gasteiger partial charge in [-0.1, -0.05) is 0 Å². The number of halogens is 2. The van der Waals surface area contributed by atoms with Crippen molar-refractivity contribution in [1.82, 2.24) is 9.80 Å². The number of carbonyl (C=O) groups excluding carboxylic acids is 3. The normalized spacial score (nSPS) is 29.2. The number of nitrogens with zero attached hydrogens (tertiary/aromatic N) is 2. The van der Waals surface area contributed by atoms with Crippen LogP contribution in [-0.4, -0.2) is 86.7 Å². The van der Waals surface area contributed by atoms with Crippen LogP contribution in [0.25, 0.3) is 0 Å². The van der Waals surface area contributed by atoms with Gasteiger partial charge >= 0.3 is 18.2 Å². The Labute approximate surface area is 198 Å². The van der Waals surface area contributed by atoms with Crippen LogP contribution in [0.2, 0.25) is 0 Å². The van der Waals surface area contributed by atoms with Crippen molar-refractivity contribution in [1.29, 1.82) is 0 Å². The molecule has 0 saturated carbocycles. The molecular formula is C22H37F2N3O7. The number of nitrogens with two attached hydrogens (primary N) is 1. The number of carbonyl (C=O) groups is 4. The van der Waals surface area contributed by atoms with E-state index in [1.54, 1.807) is 41.5 Å². The summed E-state index contributed by atoms with van der Waals surface area (Å²) in [4.78, 5) is 47.9. The second-order valence-corrected chi connectivity index (χ2v) is 10.5. The molecule has 3 amide bonds. The molecule has 0 aromatic carbocycles. The topological polar surface area (TPSA) is 139 Å². The minimum absolute atomic E-state index is 0.0598. The Morgan fingerprint density at radius 3 is 1.41 bits per heavy atom. The molecule has 34 heavy (non-hydrogen) atoms. The van der Waals surface area contributed by atoms with Gasteiger partial charge in [0.05, 0.1) is 12.1 Å². The number of carboxylic acid groups (broad SMARTS) is 1. The van der Waals surface area contributed by atoms with E-state index in [1.165, 1.54) is 13.8 Å². The summed E-state index contributed by atoms with van der Waals surface area (Å²) in [6, 6.07) is -3.53. The lowest BCUT2D eigenvalue weighted by atomic mass is 10.2. The number of alkyl halides is 2. The summed E-state index contributed by atoms with van der Waals surface area (Å²) >= 11 is 0. The minimum Gasteiger partial charge on any atom is -0.480 e. The molecule has 2 fully saturated rings. The van der Waals surface area contributed by atoms with Crippen LogP contribution in [0, 0.1) is 0 Å². The molecule has 3 N–H and O–H groups in total. The molecule has 0 unspecified atom stereocenters. The van der Waals surface area contributed by atoms with Gasteiger partial charge in [0.1, 0.15) is 35.6 Å². The highest BCUT2D eigenvalue weighted by Crippen LogP contribution is 2.30. The van der Waals surface area contributed by atoms with Gasteiger partial charge in [0.25, 0.3) is 0 Å². The number of ether oxygens (including phenoxy) is 2. The molecule has 10 nitrogen and oxygen atoms in total. The van der Waals surface area contributed by atoms with E-state index in [-0.39, 0.29) is 12.8 Å². The van der Waals surface area contributed by atoms with E-state index in [4.69, 9.17) is 20.3 Å². The average Bonchev–Trinajstić information content (AvgIpc) is 3.10. The summed E-state index contributed by atoms with van der Waals surface area (Å²) in [5, 5.41) is 8.95. The molecule has 6 atom stereocenters. The number of hydrogen-bond donors (Lipinski definition) is 2. The van der Waals surface area contributed by atoms with Gasteiger partial charge in [-0.15, -0.1) is 0 Å². The Morgan fingerprint density at radius 1 is 0.794 bits per heavy atom. The first-order valence-electron chi connectivity index (χ1n) is 11.1. The largest absolute Gasteiger partial charge is 0.480 e. The van der Waals surface area contributed by atoms with E-state index in [2.05, 4.69) is 0 Å². The summed E-state index contributed by atoms with van der Waals surface area (Å²) in [7, 11) is 0. The molecule has 2 heterocycles. The molecule has 0 spiro atoms. The summed E-state index contributed by atoms with van der Waals surface area (Å²) in [6.45, 7) is 13.2. The van der Waals surface area contributed by atoms with Gasteiger partial charge in [-0.2, -0.15) is 0 Å². The monoisotopic (exact) mass is 493 g/mol. The number of primary amides is 1. The Kier molecular flexibility index (Phi) is 9.27. The molecule has 0 aliphatic carbocycles. The molecule has 0 radical (unpaired) electrons. The van der Waals surface area contributed by atoms with E-state index in [0.29, 0.717) is 0 Å². The quantitative estimate of drug-likeness (QED) is 0.603. The molecule has 0 bridgehead atoms. The maximum absolute atomic E-state index is 13.5. The number of aliphatic carboxylic acids is 1. The zero-order valence-corrected chi connectivity index (χ0v) is 21.0. The highest BCUT2D eigenvalue weighted by Gasteiger charge is 2.47. The van der Waals surface area contributed by atoms with Crippen molar-refractivity contribution < 1.29 is 42.5 Å². The van der Waals surface area contributed by atoms with E-state index in [0.717, 1.165) is 9.80 Å². The lowest BCUT2D eigenvalue weighted by Gasteiger charge is -2.29. The number of likely N-dealkylation sites (tertiary alicyclic amines) is 2. The molecule has 0 aromatic heterocycles. The first-order chi connectivity index (χ1) is 15.3. The Hall–Kier alpha value is -2.66. The second-order valence-electron chi connectivity index (χ2n) is 10.5. The predicted molar refractivity (Wildman–Crippen MR) is 119 cm³/mol. The van der Waals surface area contributed by atoms with Crippen LogP contribution in [0.4, 0.5) is 18.4 Å². The number of rotatable bonds is 2. The summed E-state index contributed by atoms with van der Waals surface area (Å²) in [5.41, 5.74) is 3.74. The van der Waals surface area contributed by atoms with Crippen molar-refractivity contribution in [2.45, 2.75) is 116 Å². The number of carboxylic acids is 1. The van der Waals surface area contributed by atoms with Crippen molar-refractivity contribution in [3.8, 4) is 0 Å². The Bertz CT molecular complexity index is 717. The average molecular weight is 494 g/mol.